The van der Waals surface area contributed by atoms with Crippen LogP contribution in [0.1, 0.15) is 17.2 Å². The summed E-state index contributed by atoms with van der Waals surface area (Å²) in [6.07, 6.45) is 0.388. The maximum atomic E-state index is 5.16. The Bertz CT molecular complexity index is 238. The van der Waals surface area contributed by atoms with E-state index in [0.29, 0.717) is 6.10 Å². The predicted octanol–water partition coefficient (Wildman–Crippen LogP) is 2.65. The maximum Gasteiger partial charge on any atom is 0.106 e. The Morgan fingerprint density at radius 2 is 2.00 bits per heavy atom. The summed E-state index contributed by atoms with van der Waals surface area (Å²) in [5.74, 6) is 0. The largest absolute Gasteiger partial charge is 0.368 e. The number of hydrogen-bond acceptors (Lipinski definition) is 1. The molecule has 0 saturated carbocycles. The van der Waals surface area contributed by atoms with Crippen LogP contribution in [0.2, 0.25) is 0 Å². The van der Waals surface area contributed by atoms with Crippen LogP contribution in [0.5, 0.6) is 0 Å². The van der Waals surface area contributed by atoms with Crippen LogP contribution in [0.15, 0.2) is 24.3 Å². The van der Waals surface area contributed by atoms with Crippen LogP contribution in [-0.2, 0) is 10.1 Å². The minimum Gasteiger partial charge on any atom is -0.368 e. The molecular formula is C9H9BrO. The van der Waals surface area contributed by atoms with Gasteiger partial charge in [0.25, 0.3) is 0 Å². The molecule has 0 aromatic heterocycles. The van der Waals surface area contributed by atoms with E-state index in [2.05, 4.69) is 40.2 Å². The molecule has 1 nitrogen and oxygen atoms in total. The Balaban J connectivity index is 2.19. The van der Waals surface area contributed by atoms with Crippen LogP contribution >= 0.6 is 15.9 Å². The second kappa shape index (κ2) is 2.95. The van der Waals surface area contributed by atoms with Gasteiger partial charge in [-0.25, -0.2) is 0 Å². The van der Waals surface area contributed by atoms with Crippen LogP contribution in [-0.4, -0.2) is 6.61 Å². The van der Waals surface area contributed by atoms with Crippen molar-refractivity contribution in [1.29, 1.82) is 0 Å². The molecule has 1 fully saturated rings. The second-order valence-corrected chi connectivity index (χ2v) is 3.26. The van der Waals surface area contributed by atoms with Crippen molar-refractivity contribution < 1.29 is 4.74 Å². The Kier molecular flexibility index (Phi) is 1.96. The van der Waals surface area contributed by atoms with Gasteiger partial charge in [-0.05, 0) is 11.1 Å². The van der Waals surface area contributed by atoms with Crippen LogP contribution in [0, 0.1) is 0 Å². The highest BCUT2D eigenvalue weighted by Crippen LogP contribution is 2.29. The van der Waals surface area contributed by atoms with Crippen molar-refractivity contribution in [3.63, 3.8) is 0 Å². The number of epoxide rings is 1. The molecule has 1 aromatic carbocycles. The Morgan fingerprint density at radius 1 is 1.36 bits per heavy atom. The molecule has 0 radical (unpaired) electrons. The first-order valence-electron chi connectivity index (χ1n) is 3.66. The molecule has 1 saturated heterocycles. The van der Waals surface area contributed by atoms with Gasteiger partial charge >= 0.3 is 0 Å². The lowest BCUT2D eigenvalue weighted by atomic mass is 10.1. The summed E-state index contributed by atoms with van der Waals surface area (Å²) in [6.45, 7) is 0.896. The average molecular weight is 213 g/mol. The zero-order valence-electron chi connectivity index (χ0n) is 6.09. The van der Waals surface area contributed by atoms with Crippen molar-refractivity contribution in [3.05, 3.63) is 35.4 Å². The Labute approximate surface area is 74.5 Å². The summed E-state index contributed by atoms with van der Waals surface area (Å²) in [5.41, 5.74) is 2.61. The SMILES string of the molecule is BrCc1ccc(C2CO2)cc1. The zero-order chi connectivity index (χ0) is 7.68. The summed E-state index contributed by atoms with van der Waals surface area (Å²) in [5, 5.41) is 0.929. The number of benzene rings is 1. The quantitative estimate of drug-likeness (QED) is 0.543. The average Bonchev–Trinajstić information content (AvgIpc) is 2.87. The third kappa shape index (κ3) is 1.63. The highest BCUT2D eigenvalue weighted by molar-refractivity contribution is 9.08. The maximum absolute atomic E-state index is 5.16. The highest BCUT2D eigenvalue weighted by atomic mass is 79.9. The van der Waals surface area contributed by atoms with Gasteiger partial charge in [-0.2, -0.15) is 0 Å². The van der Waals surface area contributed by atoms with E-state index in [-0.39, 0.29) is 0 Å². The van der Waals surface area contributed by atoms with Gasteiger partial charge in [-0.15, -0.1) is 0 Å². The van der Waals surface area contributed by atoms with E-state index in [4.69, 9.17) is 4.74 Å². The highest BCUT2D eigenvalue weighted by Gasteiger charge is 2.23. The summed E-state index contributed by atoms with van der Waals surface area (Å²) in [7, 11) is 0. The van der Waals surface area contributed by atoms with Gasteiger partial charge in [0.05, 0.1) is 6.61 Å². The van der Waals surface area contributed by atoms with E-state index in [1.54, 1.807) is 0 Å². The normalized spacial score (nSPS) is 21.7. The van der Waals surface area contributed by atoms with E-state index < -0.39 is 0 Å². The summed E-state index contributed by atoms with van der Waals surface area (Å²) >= 11 is 3.40. The standard InChI is InChI=1S/C9H9BrO/c10-5-7-1-3-8(4-2-7)9-6-11-9/h1-4,9H,5-6H2. The lowest BCUT2D eigenvalue weighted by Crippen LogP contribution is -1.81. The fraction of sp³-hybridized carbons (Fsp3) is 0.333. The smallest absolute Gasteiger partial charge is 0.106 e. The van der Waals surface area contributed by atoms with Gasteiger partial charge in [-0.1, -0.05) is 40.2 Å². The molecule has 0 N–H and O–H groups in total. The van der Waals surface area contributed by atoms with Gasteiger partial charge in [0.15, 0.2) is 0 Å². The molecule has 2 heteroatoms. The fourth-order valence-corrected chi connectivity index (χ4v) is 1.44. The van der Waals surface area contributed by atoms with E-state index in [1.165, 1.54) is 11.1 Å². The van der Waals surface area contributed by atoms with E-state index in [0.717, 1.165) is 11.9 Å². The van der Waals surface area contributed by atoms with E-state index >= 15 is 0 Å². The Hall–Kier alpha value is -0.340. The molecule has 0 aliphatic carbocycles. The topological polar surface area (TPSA) is 12.5 Å². The van der Waals surface area contributed by atoms with Gasteiger partial charge in [0.2, 0.25) is 0 Å². The number of ether oxygens (including phenoxy) is 1. The molecule has 1 heterocycles. The van der Waals surface area contributed by atoms with Crippen LogP contribution in [0.25, 0.3) is 0 Å². The second-order valence-electron chi connectivity index (χ2n) is 2.70. The molecule has 2 rings (SSSR count). The molecule has 0 spiro atoms. The lowest BCUT2D eigenvalue weighted by molar-refractivity contribution is 0.415. The van der Waals surface area contributed by atoms with Crippen LogP contribution < -0.4 is 0 Å². The first-order chi connectivity index (χ1) is 5.40. The van der Waals surface area contributed by atoms with E-state index in [1.807, 2.05) is 0 Å². The molecule has 1 atom stereocenters. The summed E-state index contributed by atoms with van der Waals surface area (Å²) in [4.78, 5) is 0. The molecule has 1 aromatic rings. The number of alkyl halides is 1. The first-order valence-corrected chi connectivity index (χ1v) is 4.78. The molecule has 0 bridgehead atoms. The number of rotatable bonds is 2. The molecule has 1 unspecified atom stereocenters. The van der Waals surface area contributed by atoms with Crippen LogP contribution in [0.4, 0.5) is 0 Å². The van der Waals surface area contributed by atoms with Crippen LogP contribution in [0.3, 0.4) is 0 Å². The molecule has 11 heavy (non-hydrogen) atoms. The number of halogens is 1. The van der Waals surface area contributed by atoms with E-state index in [9.17, 15) is 0 Å². The van der Waals surface area contributed by atoms with Crippen molar-refractivity contribution >= 4 is 15.9 Å². The molecule has 1 aliphatic rings. The van der Waals surface area contributed by atoms with Crippen molar-refractivity contribution in [3.8, 4) is 0 Å². The Morgan fingerprint density at radius 3 is 2.45 bits per heavy atom. The van der Waals surface area contributed by atoms with Gasteiger partial charge < -0.3 is 4.74 Å². The lowest BCUT2D eigenvalue weighted by Gasteiger charge is -1.96. The predicted molar refractivity (Wildman–Crippen MR) is 47.8 cm³/mol. The molecule has 0 amide bonds. The minimum absolute atomic E-state index is 0.388. The van der Waals surface area contributed by atoms with Crippen molar-refractivity contribution in [1.82, 2.24) is 0 Å². The van der Waals surface area contributed by atoms with Gasteiger partial charge in [0.1, 0.15) is 6.10 Å². The summed E-state index contributed by atoms with van der Waals surface area (Å²) < 4.78 is 5.16. The van der Waals surface area contributed by atoms with Crippen molar-refractivity contribution in [2.24, 2.45) is 0 Å². The zero-order valence-corrected chi connectivity index (χ0v) is 7.67. The molecular weight excluding hydrogens is 204 g/mol. The third-order valence-corrected chi connectivity index (χ3v) is 2.49. The molecule has 1 aliphatic heterocycles. The van der Waals surface area contributed by atoms with Gasteiger partial charge in [-0.3, -0.25) is 0 Å². The monoisotopic (exact) mass is 212 g/mol. The number of hydrogen-bond donors (Lipinski definition) is 0. The fourth-order valence-electron chi connectivity index (χ4n) is 1.06. The molecule has 58 valence electrons. The third-order valence-electron chi connectivity index (χ3n) is 1.84. The minimum atomic E-state index is 0.388. The van der Waals surface area contributed by atoms with Gasteiger partial charge in [0, 0.05) is 5.33 Å². The summed E-state index contributed by atoms with van der Waals surface area (Å²) in [6, 6.07) is 8.53. The van der Waals surface area contributed by atoms with Crippen molar-refractivity contribution in [2.75, 3.05) is 6.61 Å². The first kappa shape index (κ1) is 7.32. The van der Waals surface area contributed by atoms with Crippen molar-refractivity contribution in [2.45, 2.75) is 11.4 Å².